The molecular weight excluding hydrogens is 190 g/mol. The first-order valence-corrected chi connectivity index (χ1v) is 5.26. The maximum absolute atomic E-state index is 5.08. The molecule has 0 aliphatic rings. The van der Waals surface area contributed by atoms with Crippen LogP contribution in [0.25, 0.3) is 0 Å². The minimum atomic E-state index is 0.256. The van der Waals surface area contributed by atoms with Gasteiger partial charge in [-0.25, -0.2) is 9.97 Å². The Bertz CT molecular complexity index is 304. The first kappa shape index (κ1) is 11.9. The average Bonchev–Trinajstić information content (AvgIpc) is 2.30. The van der Waals surface area contributed by atoms with E-state index < -0.39 is 0 Å². The molecule has 0 aliphatic heterocycles. The van der Waals surface area contributed by atoms with Crippen molar-refractivity contribution < 1.29 is 4.74 Å². The van der Waals surface area contributed by atoms with Crippen LogP contribution in [0.2, 0.25) is 0 Å². The number of hydrogen-bond acceptors (Lipinski definition) is 4. The van der Waals surface area contributed by atoms with Gasteiger partial charge in [0.15, 0.2) is 0 Å². The number of ether oxygens (including phenoxy) is 1. The number of nitrogens with zero attached hydrogens (tertiary/aromatic N) is 2. The maximum atomic E-state index is 5.08. The lowest BCUT2D eigenvalue weighted by Gasteiger charge is -2.21. The Morgan fingerprint density at radius 3 is 2.73 bits per heavy atom. The van der Waals surface area contributed by atoms with Crippen LogP contribution in [0.4, 0.5) is 0 Å². The zero-order valence-electron chi connectivity index (χ0n) is 9.82. The van der Waals surface area contributed by atoms with E-state index in [0.717, 1.165) is 12.1 Å². The summed E-state index contributed by atoms with van der Waals surface area (Å²) in [4.78, 5) is 8.27. The zero-order chi connectivity index (χ0) is 11.3. The summed E-state index contributed by atoms with van der Waals surface area (Å²) in [5, 5.41) is 3.27. The highest BCUT2D eigenvalue weighted by atomic mass is 16.5. The minimum absolute atomic E-state index is 0.256. The molecule has 0 saturated heterocycles. The standard InChI is InChI=1S/C11H19N3O/c1-5-8(2)11(12-3)9-6-10(15-4)14-7-13-9/h6-8,11-12H,5H2,1-4H3. The molecule has 0 aliphatic carbocycles. The van der Waals surface area contributed by atoms with Crippen molar-refractivity contribution >= 4 is 0 Å². The molecule has 0 bridgehead atoms. The van der Waals surface area contributed by atoms with Crippen LogP contribution < -0.4 is 10.1 Å². The molecule has 15 heavy (non-hydrogen) atoms. The lowest BCUT2D eigenvalue weighted by Crippen LogP contribution is -2.24. The fourth-order valence-electron chi connectivity index (χ4n) is 1.59. The lowest BCUT2D eigenvalue weighted by atomic mass is 9.96. The van der Waals surface area contributed by atoms with E-state index in [2.05, 4.69) is 29.1 Å². The smallest absolute Gasteiger partial charge is 0.216 e. The molecule has 0 amide bonds. The number of nitrogens with one attached hydrogen (secondary N) is 1. The summed E-state index contributed by atoms with van der Waals surface area (Å²) in [5.41, 5.74) is 0.985. The molecule has 0 saturated carbocycles. The molecule has 1 aromatic rings. The van der Waals surface area contributed by atoms with Gasteiger partial charge >= 0.3 is 0 Å². The monoisotopic (exact) mass is 209 g/mol. The van der Waals surface area contributed by atoms with Crippen LogP contribution in [0.5, 0.6) is 5.88 Å². The van der Waals surface area contributed by atoms with E-state index in [1.807, 2.05) is 13.1 Å². The molecule has 2 atom stereocenters. The van der Waals surface area contributed by atoms with Gasteiger partial charge in [-0.05, 0) is 13.0 Å². The molecule has 0 aromatic carbocycles. The van der Waals surface area contributed by atoms with Gasteiger partial charge in [0, 0.05) is 6.07 Å². The fourth-order valence-corrected chi connectivity index (χ4v) is 1.59. The average molecular weight is 209 g/mol. The van der Waals surface area contributed by atoms with Gasteiger partial charge in [-0.1, -0.05) is 20.3 Å². The van der Waals surface area contributed by atoms with Crippen molar-refractivity contribution in [3.8, 4) is 5.88 Å². The first-order valence-electron chi connectivity index (χ1n) is 5.26. The predicted molar refractivity (Wildman–Crippen MR) is 59.8 cm³/mol. The summed E-state index contributed by atoms with van der Waals surface area (Å²) in [7, 11) is 3.56. The zero-order valence-corrected chi connectivity index (χ0v) is 9.82. The first-order chi connectivity index (χ1) is 7.22. The molecule has 4 nitrogen and oxygen atoms in total. The van der Waals surface area contributed by atoms with E-state index in [0.29, 0.717) is 11.8 Å². The van der Waals surface area contributed by atoms with Gasteiger partial charge < -0.3 is 10.1 Å². The number of methoxy groups -OCH3 is 1. The van der Waals surface area contributed by atoms with E-state index in [1.54, 1.807) is 13.4 Å². The Morgan fingerprint density at radius 2 is 2.20 bits per heavy atom. The third-order valence-electron chi connectivity index (χ3n) is 2.71. The van der Waals surface area contributed by atoms with Crippen LogP contribution in [0, 0.1) is 5.92 Å². The SMILES string of the molecule is CCC(C)C(NC)c1cc(OC)ncn1. The lowest BCUT2D eigenvalue weighted by molar-refractivity contribution is 0.376. The molecule has 4 heteroatoms. The van der Waals surface area contributed by atoms with E-state index in [1.165, 1.54) is 0 Å². The molecule has 1 aromatic heterocycles. The summed E-state index contributed by atoms with van der Waals surface area (Å²) in [6.45, 7) is 4.38. The molecule has 0 spiro atoms. The van der Waals surface area contributed by atoms with Crippen LogP contribution in [0.3, 0.4) is 0 Å². The quantitative estimate of drug-likeness (QED) is 0.803. The van der Waals surface area contributed by atoms with Crippen LogP contribution in [0.1, 0.15) is 32.0 Å². The molecule has 1 rings (SSSR count). The van der Waals surface area contributed by atoms with Crippen molar-refractivity contribution in [2.75, 3.05) is 14.2 Å². The van der Waals surface area contributed by atoms with Crippen molar-refractivity contribution in [2.45, 2.75) is 26.3 Å². The van der Waals surface area contributed by atoms with Gasteiger partial charge in [0.05, 0.1) is 18.8 Å². The Hall–Kier alpha value is -1.16. The van der Waals surface area contributed by atoms with Gasteiger partial charge in [0.25, 0.3) is 0 Å². The van der Waals surface area contributed by atoms with E-state index in [-0.39, 0.29) is 6.04 Å². The molecule has 0 fully saturated rings. The van der Waals surface area contributed by atoms with Crippen LogP contribution in [-0.4, -0.2) is 24.1 Å². The Balaban J connectivity index is 2.91. The Kier molecular flexibility index (Phi) is 4.49. The summed E-state index contributed by atoms with van der Waals surface area (Å²) in [6.07, 6.45) is 2.65. The normalized spacial score (nSPS) is 14.7. The predicted octanol–water partition coefficient (Wildman–Crippen LogP) is 1.79. The highest BCUT2D eigenvalue weighted by Crippen LogP contribution is 2.23. The largest absolute Gasteiger partial charge is 0.481 e. The van der Waals surface area contributed by atoms with Crippen molar-refractivity contribution in [1.82, 2.24) is 15.3 Å². The minimum Gasteiger partial charge on any atom is -0.481 e. The van der Waals surface area contributed by atoms with Gasteiger partial charge in [0.2, 0.25) is 5.88 Å². The van der Waals surface area contributed by atoms with E-state index in [4.69, 9.17) is 4.74 Å². The van der Waals surface area contributed by atoms with Crippen LogP contribution >= 0.6 is 0 Å². The van der Waals surface area contributed by atoms with Crippen LogP contribution in [0.15, 0.2) is 12.4 Å². The van der Waals surface area contributed by atoms with Crippen molar-refractivity contribution in [1.29, 1.82) is 0 Å². The molecule has 2 unspecified atom stereocenters. The van der Waals surface area contributed by atoms with Crippen molar-refractivity contribution in [3.63, 3.8) is 0 Å². The molecule has 1 N–H and O–H groups in total. The Labute approximate surface area is 91.1 Å². The number of hydrogen-bond donors (Lipinski definition) is 1. The second kappa shape index (κ2) is 5.66. The van der Waals surface area contributed by atoms with E-state index in [9.17, 15) is 0 Å². The number of rotatable bonds is 5. The Morgan fingerprint density at radius 1 is 1.47 bits per heavy atom. The van der Waals surface area contributed by atoms with Crippen LogP contribution in [-0.2, 0) is 0 Å². The number of aromatic nitrogens is 2. The third-order valence-corrected chi connectivity index (χ3v) is 2.71. The topological polar surface area (TPSA) is 47.0 Å². The van der Waals surface area contributed by atoms with Crippen molar-refractivity contribution in [3.05, 3.63) is 18.1 Å². The third kappa shape index (κ3) is 2.89. The highest BCUT2D eigenvalue weighted by Gasteiger charge is 2.17. The summed E-state index contributed by atoms with van der Waals surface area (Å²) < 4.78 is 5.08. The highest BCUT2D eigenvalue weighted by molar-refractivity contribution is 5.17. The summed E-state index contributed by atoms with van der Waals surface area (Å²) in [6, 6.07) is 2.14. The van der Waals surface area contributed by atoms with Gasteiger partial charge in [-0.3, -0.25) is 0 Å². The second-order valence-corrected chi connectivity index (χ2v) is 3.64. The summed E-state index contributed by atoms with van der Waals surface area (Å²) >= 11 is 0. The maximum Gasteiger partial charge on any atom is 0.216 e. The second-order valence-electron chi connectivity index (χ2n) is 3.64. The molecule has 1 heterocycles. The van der Waals surface area contributed by atoms with Gasteiger partial charge in [0.1, 0.15) is 6.33 Å². The van der Waals surface area contributed by atoms with Crippen molar-refractivity contribution in [2.24, 2.45) is 5.92 Å². The summed E-state index contributed by atoms with van der Waals surface area (Å²) in [5.74, 6) is 1.15. The fraction of sp³-hybridized carbons (Fsp3) is 0.636. The van der Waals surface area contributed by atoms with E-state index >= 15 is 0 Å². The molecular formula is C11H19N3O. The van der Waals surface area contributed by atoms with Gasteiger partial charge in [-0.2, -0.15) is 0 Å². The molecule has 84 valence electrons. The van der Waals surface area contributed by atoms with Gasteiger partial charge in [-0.15, -0.1) is 0 Å². The molecule has 0 radical (unpaired) electrons.